The maximum Gasteiger partial charge on any atom is 0.227 e. The van der Waals surface area contributed by atoms with Crippen LogP contribution < -0.4 is 10.6 Å². The molecular weight excluding hydrogens is 264 g/mol. The van der Waals surface area contributed by atoms with Crippen LogP contribution in [0.4, 0.5) is 0 Å². The van der Waals surface area contributed by atoms with Crippen molar-refractivity contribution in [1.82, 2.24) is 10.6 Å². The predicted molar refractivity (Wildman–Crippen MR) is 83.9 cm³/mol. The fraction of sp³-hybridized carbons (Fsp3) is 0.588. The summed E-state index contributed by atoms with van der Waals surface area (Å²) in [5.41, 5.74) is 0.936. The Balaban J connectivity index is 1.56. The molecule has 1 unspecified atom stereocenters. The zero-order valence-corrected chi connectivity index (χ0v) is 12.9. The first-order chi connectivity index (χ1) is 10.2. The summed E-state index contributed by atoms with van der Waals surface area (Å²) in [4.78, 5) is 12.2. The third-order valence-electron chi connectivity index (χ3n) is 4.01. The van der Waals surface area contributed by atoms with Gasteiger partial charge in [0.05, 0.1) is 12.0 Å². The molecule has 1 atom stereocenters. The molecule has 1 aromatic rings. The highest BCUT2D eigenvalue weighted by atomic mass is 16.5. The molecule has 0 bridgehead atoms. The highest BCUT2D eigenvalue weighted by Crippen LogP contribution is 2.25. The summed E-state index contributed by atoms with van der Waals surface area (Å²) in [6, 6.07) is 10.1. The number of piperidine rings is 1. The average Bonchev–Trinajstić information content (AvgIpc) is 2.52. The summed E-state index contributed by atoms with van der Waals surface area (Å²) in [6.45, 7) is 5.84. The van der Waals surface area contributed by atoms with Gasteiger partial charge in [-0.1, -0.05) is 30.3 Å². The molecule has 0 aromatic heterocycles. The van der Waals surface area contributed by atoms with E-state index in [0.29, 0.717) is 19.8 Å². The van der Waals surface area contributed by atoms with Crippen LogP contribution in [0.5, 0.6) is 0 Å². The van der Waals surface area contributed by atoms with Gasteiger partial charge in [0, 0.05) is 19.7 Å². The summed E-state index contributed by atoms with van der Waals surface area (Å²) < 4.78 is 5.61. The number of nitrogens with one attached hydrogen (secondary N) is 2. The smallest absolute Gasteiger partial charge is 0.227 e. The molecule has 1 fully saturated rings. The fourth-order valence-corrected chi connectivity index (χ4v) is 2.60. The van der Waals surface area contributed by atoms with Crippen molar-refractivity contribution < 1.29 is 9.53 Å². The van der Waals surface area contributed by atoms with Crippen molar-refractivity contribution in [3.63, 3.8) is 0 Å². The normalized spacial score (nSPS) is 22.0. The van der Waals surface area contributed by atoms with Crippen molar-refractivity contribution in [2.24, 2.45) is 5.41 Å². The highest BCUT2D eigenvalue weighted by Gasteiger charge is 2.34. The minimum Gasteiger partial charge on any atom is -0.377 e. The van der Waals surface area contributed by atoms with Crippen molar-refractivity contribution >= 4 is 5.91 Å². The van der Waals surface area contributed by atoms with Crippen LogP contribution in [0.1, 0.15) is 31.7 Å². The Morgan fingerprint density at radius 3 is 2.90 bits per heavy atom. The summed E-state index contributed by atoms with van der Waals surface area (Å²) in [5.74, 6) is 0.165. The van der Waals surface area contributed by atoms with Gasteiger partial charge in [0.25, 0.3) is 0 Å². The first kappa shape index (κ1) is 16.0. The van der Waals surface area contributed by atoms with E-state index in [1.165, 1.54) is 5.56 Å². The largest absolute Gasteiger partial charge is 0.377 e. The van der Waals surface area contributed by atoms with Gasteiger partial charge in [0.1, 0.15) is 0 Å². The number of rotatable bonds is 7. The fourth-order valence-electron chi connectivity index (χ4n) is 2.60. The van der Waals surface area contributed by atoms with Crippen molar-refractivity contribution in [3.8, 4) is 0 Å². The molecule has 2 rings (SSSR count). The zero-order valence-electron chi connectivity index (χ0n) is 12.9. The minimum absolute atomic E-state index is 0.165. The molecule has 1 aliphatic heterocycles. The van der Waals surface area contributed by atoms with Crippen LogP contribution in [0.15, 0.2) is 30.3 Å². The van der Waals surface area contributed by atoms with Crippen molar-refractivity contribution in [1.29, 1.82) is 0 Å². The quantitative estimate of drug-likeness (QED) is 0.756. The SMILES string of the molecule is CC1(C(=O)NCCCOCc2ccccc2)CCCNC1. The van der Waals surface area contributed by atoms with Crippen molar-refractivity contribution in [2.45, 2.75) is 32.8 Å². The Labute approximate surface area is 127 Å². The van der Waals surface area contributed by atoms with E-state index in [4.69, 9.17) is 4.74 Å². The first-order valence-corrected chi connectivity index (χ1v) is 7.81. The number of hydrogen-bond donors (Lipinski definition) is 2. The third kappa shape index (κ3) is 5.14. The van der Waals surface area contributed by atoms with Crippen LogP contribution in [0.3, 0.4) is 0 Å². The highest BCUT2D eigenvalue weighted by molar-refractivity contribution is 5.82. The van der Waals surface area contributed by atoms with Crippen LogP contribution in [-0.4, -0.2) is 32.1 Å². The number of amides is 1. The molecule has 21 heavy (non-hydrogen) atoms. The summed E-state index contributed by atoms with van der Waals surface area (Å²) >= 11 is 0. The molecule has 0 aliphatic carbocycles. The summed E-state index contributed by atoms with van der Waals surface area (Å²) in [6.07, 6.45) is 2.89. The summed E-state index contributed by atoms with van der Waals surface area (Å²) in [7, 11) is 0. The molecule has 1 aliphatic rings. The third-order valence-corrected chi connectivity index (χ3v) is 4.01. The molecule has 1 amide bonds. The van der Waals surface area contributed by atoms with Gasteiger partial charge < -0.3 is 15.4 Å². The number of hydrogen-bond acceptors (Lipinski definition) is 3. The number of carbonyl (C=O) groups excluding carboxylic acids is 1. The molecule has 2 N–H and O–H groups in total. The maximum absolute atomic E-state index is 12.2. The van der Waals surface area contributed by atoms with Gasteiger partial charge in [-0.3, -0.25) is 4.79 Å². The molecule has 0 spiro atoms. The monoisotopic (exact) mass is 290 g/mol. The lowest BCUT2D eigenvalue weighted by molar-refractivity contribution is -0.131. The van der Waals surface area contributed by atoms with E-state index >= 15 is 0 Å². The number of ether oxygens (including phenoxy) is 1. The van der Waals surface area contributed by atoms with E-state index < -0.39 is 0 Å². The Morgan fingerprint density at radius 2 is 2.19 bits per heavy atom. The molecule has 4 nitrogen and oxygen atoms in total. The van der Waals surface area contributed by atoms with E-state index in [1.54, 1.807) is 0 Å². The standard InChI is InChI=1S/C17H26N2O2/c1-17(9-5-10-18-14-17)16(20)19-11-6-12-21-13-15-7-3-2-4-8-15/h2-4,7-8,18H,5-6,9-14H2,1H3,(H,19,20). The van der Waals surface area contributed by atoms with Crippen LogP contribution in [0.2, 0.25) is 0 Å². The molecule has 1 aromatic carbocycles. The summed E-state index contributed by atoms with van der Waals surface area (Å²) in [5, 5.41) is 6.33. The van der Waals surface area contributed by atoms with Gasteiger partial charge in [-0.05, 0) is 38.3 Å². The predicted octanol–water partition coefficient (Wildman–Crippen LogP) is 2.10. The molecule has 1 heterocycles. The molecule has 0 saturated carbocycles. The Kier molecular flexibility index (Phi) is 6.21. The van der Waals surface area contributed by atoms with Crippen LogP contribution >= 0.6 is 0 Å². The number of benzene rings is 1. The molecule has 0 radical (unpaired) electrons. The molecule has 4 heteroatoms. The van der Waals surface area contributed by atoms with Gasteiger partial charge in [0.2, 0.25) is 5.91 Å². The Hall–Kier alpha value is -1.39. The lowest BCUT2D eigenvalue weighted by atomic mass is 9.82. The second kappa shape index (κ2) is 8.15. The van der Waals surface area contributed by atoms with Crippen LogP contribution in [0, 0.1) is 5.41 Å². The second-order valence-corrected chi connectivity index (χ2v) is 5.99. The van der Waals surface area contributed by atoms with E-state index in [-0.39, 0.29) is 11.3 Å². The molecule has 1 saturated heterocycles. The lowest BCUT2D eigenvalue weighted by Crippen LogP contribution is -2.48. The average molecular weight is 290 g/mol. The minimum atomic E-state index is -0.247. The van der Waals surface area contributed by atoms with Crippen molar-refractivity contribution in [3.05, 3.63) is 35.9 Å². The Bertz CT molecular complexity index is 428. The number of carbonyl (C=O) groups is 1. The molecule has 116 valence electrons. The van der Waals surface area contributed by atoms with E-state index in [1.807, 2.05) is 25.1 Å². The van der Waals surface area contributed by atoms with Crippen LogP contribution in [-0.2, 0) is 16.1 Å². The van der Waals surface area contributed by atoms with Gasteiger partial charge in [0.15, 0.2) is 0 Å². The lowest BCUT2D eigenvalue weighted by Gasteiger charge is -2.32. The van der Waals surface area contributed by atoms with Gasteiger partial charge in [-0.25, -0.2) is 0 Å². The van der Waals surface area contributed by atoms with E-state index in [2.05, 4.69) is 22.8 Å². The van der Waals surface area contributed by atoms with E-state index in [0.717, 1.165) is 32.4 Å². The molecular formula is C17H26N2O2. The van der Waals surface area contributed by atoms with Gasteiger partial charge in [-0.2, -0.15) is 0 Å². The zero-order chi connectivity index (χ0) is 15.0. The first-order valence-electron chi connectivity index (χ1n) is 7.81. The van der Waals surface area contributed by atoms with Crippen molar-refractivity contribution in [2.75, 3.05) is 26.2 Å². The maximum atomic E-state index is 12.2. The second-order valence-electron chi connectivity index (χ2n) is 5.99. The topological polar surface area (TPSA) is 50.4 Å². The van der Waals surface area contributed by atoms with Gasteiger partial charge >= 0.3 is 0 Å². The Morgan fingerprint density at radius 1 is 1.38 bits per heavy atom. The van der Waals surface area contributed by atoms with Crippen LogP contribution in [0.25, 0.3) is 0 Å². The van der Waals surface area contributed by atoms with Gasteiger partial charge in [-0.15, -0.1) is 0 Å². The van der Waals surface area contributed by atoms with E-state index in [9.17, 15) is 4.79 Å².